The van der Waals surface area contributed by atoms with Crippen LogP contribution in [-0.2, 0) is 5.41 Å². The highest BCUT2D eigenvalue weighted by atomic mass is 16.3. The molecule has 1 saturated carbocycles. The van der Waals surface area contributed by atoms with E-state index in [-0.39, 0.29) is 5.41 Å². The van der Waals surface area contributed by atoms with Crippen molar-refractivity contribution in [3.8, 4) is 11.5 Å². The minimum absolute atomic E-state index is 0.273. The predicted molar refractivity (Wildman–Crippen MR) is 89.6 cm³/mol. The molecule has 0 radical (unpaired) electrons. The first-order valence-electron chi connectivity index (χ1n) is 8.13. The second kappa shape index (κ2) is 5.68. The van der Waals surface area contributed by atoms with Gasteiger partial charge >= 0.3 is 0 Å². The highest BCUT2D eigenvalue weighted by molar-refractivity contribution is 5.53. The lowest BCUT2D eigenvalue weighted by Crippen LogP contribution is -2.31. The van der Waals surface area contributed by atoms with Gasteiger partial charge in [-0.1, -0.05) is 54.7 Å². The Morgan fingerprint density at radius 3 is 1.64 bits per heavy atom. The fourth-order valence-electron chi connectivity index (χ4n) is 3.91. The average molecular weight is 296 g/mol. The van der Waals surface area contributed by atoms with E-state index in [9.17, 15) is 10.2 Å². The Morgan fingerprint density at radius 2 is 1.18 bits per heavy atom. The molecule has 116 valence electrons. The molecule has 2 nitrogen and oxygen atoms in total. The Bertz CT molecular complexity index is 629. The summed E-state index contributed by atoms with van der Waals surface area (Å²) >= 11 is 0. The van der Waals surface area contributed by atoms with Gasteiger partial charge in [-0.15, -0.1) is 0 Å². The molecule has 0 amide bonds. The maximum atomic E-state index is 10.5. The van der Waals surface area contributed by atoms with Crippen LogP contribution in [0.3, 0.4) is 0 Å². The second-order valence-electron chi connectivity index (χ2n) is 6.68. The average Bonchev–Trinajstić information content (AvgIpc) is 2.53. The summed E-state index contributed by atoms with van der Waals surface area (Å²) in [6, 6.07) is 11.6. The zero-order valence-corrected chi connectivity index (χ0v) is 13.4. The second-order valence-corrected chi connectivity index (χ2v) is 6.68. The SMILES string of the molecule is Cc1ccc(O)c(C2(c3cc(C)ccc3O)CCCCC2)c1. The number of phenols is 2. The number of aromatic hydroxyl groups is 2. The Labute approximate surface area is 132 Å². The molecule has 0 bridgehead atoms. The van der Waals surface area contributed by atoms with Crippen molar-refractivity contribution in [2.75, 3.05) is 0 Å². The lowest BCUT2D eigenvalue weighted by Gasteiger charge is -2.39. The zero-order valence-electron chi connectivity index (χ0n) is 13.4. The van der Waals surface area contributed by atoms with Crippen molar-refractivity contribution in [1.29, 1.82) is 0 Å². The largest absolute Gasteiger partial charge is 0.508 e. The van der Waals surface area contributed by atoms with Gasteiger partial charge in [0.1, 0.15) is 11.5 Å². The summed E-state index contributed by atoms with van der Waals surface area (Å²) in [6.07, 6.45) is 5.42. The molecule has 0 aliphatic heterocycles. The number of hydrogen-bond donors (Lipinski definition) is 2. The van der Waals surface area contributed by atoms with Gasteiger partial charge < -0.3 is 10.2 Å². The summed E-state index contributed by atoms with van der Waals surface area (Å²) in [7, 11) is 0. The van der Waals surface area contributed by atoms with Crippen molar-refractivity contribution in [2.24, 2.45) is 0 Å². The van der Waals surface area contributed by atoms with E-state index in [0.29, 0.717) is 11.5 Å². The molecule has 2 N–H and O–H groups in total. The van der Waals surface area contributed by atoms with Crippen LogP contribution in [0.25, 0.3) is 0 Å². The first-order chi connectivity index (χ1) is 10.5. The maximum Gasteiger partial charge on any atom is 0.119 e. The molecule has 0 atom stereocenters. The quantitative estimate of drug-likeness (QED) is 0.822. The predicted octanol–water partition coefficient (Wildman–Crippen LogP) is 4.96. The van der Waals surface area contributed by atoms with Crippen LogP contribution in [0.5, 0.6) is 11.5 Å². The van der Waals surface area contributed by atoms with Crippen molar-refractivity contribution in [3.63, 3.8) is 0 Å². The molecular formula is C20H24O2. The number of hydrogen-bond acceptors (Lipinski definition) is 2. The first kappa shape index (κ1) is 15.0. The third-order valence-corrected chi connectivity index (χ3v) is 5.04. The summed E-state index contributed by atoms with van der Waals surface area (Å²) in [6.45, 7) is 4.10. The minimum atomic E-state index is -0.273. The van der Waals surface area contributed by atoms with Crippen molar-refractivity contribution < 1.29 is 10.2 Å². The number of benzene rings is 2. The molecule has 2 heteroatoms. The van der Waals surface area contributed by atoms with E-state index in [4.69, 9.17) is 0 Å². The van der Waals surface area contributed by atoms with Gasteiger partial charge in [0.25, 0.3) is 0 Å². The maximum absolute atomic E-state index is 10.5. The molecule has 2 aromatic rings. The summed E-state index contributed by atoms with van der Waals surface area (Å²) in [5, 5.41) is 21.0. The molecule has 2 aromatic carbocycles. The molecule has 0 unspecified atom stereocenters. The fourth-order valence-corrected chi connectivity index (χ4v) is 3.91. The third kappa shape index (κ3) is 2.47. The molecule has 3 rings (SSSR count). The third-order valence-electron chi connectivity index (χ3n) is 5.04. The fraction of sp³-hybridized carbons (Fsp3) is 0.400. The van der Waals surface area contributed by atoms with Crippen molar-refractivity contribution in [2.45, 2.75) is 51.4 Å². The van der Waals surface area contributed by atoms with Gasteiger partial charge in [0.2, 0.25) is 0 Å². The van der Waals surface area contributed by atoms with Crippen molar-refractivity contribution >= 4 is 0 Å². The van der Waals surface area contributed by atoms with Crippen LogP contribution in [0.1, 0.15) is 54.4 Å². The molecule has 0 aromatic heterocycles. The topological polar surface area (TPSA) is 40.5 Å². The number of aryl methyl sites for hydroxylation is 2. The van der Waals surface area contributed by atoms with Crippen LogP contribution < -0.4 is 0 Å². The van der Waals surface area contributed by atoms with Crippen molar-refractivity contribution in [1.82, 2.24) is 0 Å². The summed E-state index contributed by atoms with van der Waals surface area (Å²) in [4.78, 5) is 0. The Balaban J connectivity index is 2.25. The molecule has 1 aliphatic carbocycles. The standard InChI is InChI=1S/C20H24O2/c1-14-6-8-18(21)16(12-14)20(10-4-3-5-11-20)17-13-15(2)7-9-19(17)22/h6-9,12-13,21-22H,3-5,10-11H2,1-2H3. The van der Waals surface area contributed by atoms with Gasteiger partial charge in [-0.2, -0.15) is 0 Å². The summed E-state index contributed by atoms with van der Waals surface area (Å²) in [5.41, 5.74) is 3.95. The van der Waals surface area contributed by atoms with E-state index in [0.717, 1.165) is 47.9 Å². The van der Waals surface area contributed by atoms with Crippen LogP contribution in [0, 0.1) is 13.8 Å². The lowest BCUT2D eigenvalue weighted by molar-refractivity contribution is 0.321. The van der Waals surface area contributed by atoms with Crippen molar-refractivity contribution in [3.05, 3.63) is 58.7 Å². The van der Waals surface area contributed by atoms with Gasteiger partial charge in [-0.05, 0) is 38.8 Å². The van der Waals surface area contributed by atoms with Crippen LogP contribution in [0.15, 0.2) is 36.4 Å². The molecule has 1 fully saturated rings. The van der Waals surface area contributed by atoms with E-state index in [2.05, 4.69) is 26.0 Å². The Hall–Kier alpha value is -1.96. The van der Waals surface area contributed by atoms with E-state index in [1.807, 2.05) is 12.1 Å². The lowest BCUT2D eigenvalue weighted by atomic mass is 9.64. The smallest absolute Gasteiger partial charge is 0.119 e. The molecule has 1 aliphatic rings. The Kier molecular flexibility index (Phi) is 3.86. The van der Waals surface area contributed by atoms with E-state index in [1.54, 1.807) is 12.1 Å². The molecule has 0 spiro atoms. The van der Waals surface area contributed by atoms with Gasteiger partial charge in [0.05, 0.1) is 0 Å². The van der Waals surface area contributed by atoms with Gasteiger partial charge in [0.15, 0.2) is 0 Å². The van der Waals surface area contributed by atoms with Gasteiger partial charge in [-0.3, -0.25) is 0 Å². The Morgan fingerprint density at radius 1 is 0.727 bits per heavy atom. The zero-order chi connectivity index (χ0) is 15.7. The first-order valence-corrected chi connectivity index (χ1v) is 8.13. The highest BCUT2D eigenvalue weighted by Crippen LogP contribution is 2.50. The van der Waals surface area contributed by atoms with Crippen LogP contribution in [0.4, 0.5) is 0 Å². The normalized spacial score (nSPS) is 17.4. The summed E-state index contributed by atoms with van der Waals surface area (Å²) < 4.78 is 0. The molecule has 0 heterocycles. The van der Waals surface area contributed by atoms with Crippen LogP contribution >= 0.6 is 0 Å². The van der Waals surface area contributed by atoms with Gasteiger partial charge in [-0.25, -0.2) is 0 Å². The van der Waals surface area contributed by atoms with Crippen LogP contribution in [0.2, 0.25) is 0 Å². The number of phenolic OH excluding ortho intramolecular Hbond substituents is 2. The van der Waals surface area contributed by atoms with E-state index < -0.39 is 0 Å². The van der Waals surface area contributed by atoms with Crippen LogP contribution in [-0.4, -0.2) is 10.2 Å². The molecular weight excluding hydrogens is 272 g/mol. The summed E-state index contributed by atoms with van der Waals surface area (Å²) in [5.74, 6) is 0.682. The molecule has 0 saturated heterocycles. The van der Waals surface area contributed by atoms with Gasteiger partial charge in [0, 0.05) is 16.5 Å². The minimum Gasteiger partial charge on any atom is -0.508 e. The monoisotopic (exact) mass is 296 g/mol. The van der Waals surface area contributed by atoms with E-state index >= 15 is 0 Å². The molecule has 22 heavy (non-hydrogen) atoms. The highest BCUT2D eigenvalue weighted by Gasteiger charge is 2.39. The van der Waals surface area contributed by atoms with E-state index in [1.165, 1.54) is 6.42 Å². The number of rotatable bonds is 2.